The average Bonchev–Trinajstić information content (AvgIpc) is 2.34. The van der Waals surface area contributed by atoms with Gasteiger partial charge in [0.2, 0.25) is 0 Å². The van der Waals surface area contributed by atoms with E-state index in [1.165, 1.54) is 7.11 Å². The van der Waals surface area contributed by atoms with E-state index >= 15 is 0 Å². The number of carbonyl (C=O) groups excluding carboxylic acids is 1. The highest BCUT2D eigenvalue weighted by atomic mass is 79.9. The molecule has 0 aliphatic rings. The summed E-state index contributed by atoms with van der Waals surface area (Å²) in [6, 6.07) is 1.62. The van der Waals surface area contributed by atoms with Gasteiger partial charge in [0.25, 0.3) is 0 Å². The summed E-state index contributed by atoms with van der Waals surface area (Å²) in [5.41, 5.74) is 0. The van der Waals surface area contributed by atoms with E-state index < -0.39 is 0 Å². The van der Waals surface area contributed by atoms with Crippen molar-refractivity contribution < 1.29 is 9.53 Å². The van der Waals surface area contributed by atoms with Crippen LogP contribution in [0.1, 0.15) is 9.67 Å². The summed E-state index contributed by atoms with van der Waals surface area (Å²) in [5.74, 6) is -0.344. The summed E-state index contributed by atoms with van der Waals surface area (Å²) in [5, 5.41) is 0. The molecule has 0 fully saturated rings. The third-order valence-electron chi connectivity index (χ3n) is 0.868. The Balaban J connectivity index is 2.85. The maximum Gasteiger partial charge on any atom is 0.349 e. The summed E-state index contributed by atoms with van der Waals surface area (Å²) in [4.78, 5) is 11.3. The van der Waals surface area contributed by atoms with E-state index in [2.05, 4.69) is 25.0 Å². The zero-order valence-corrected chi connectivity index (χ0v) is 7.53. The second kappa shape index (κ2) is 3.12. The van der Waals surface area contributed by atoms with E-state index in [1.54, 1.807) is 6.07 Å². The van der Waals surface area contributed by atoms with Crippen LogP contribution in [-0.2, 0) is 4.74 Å². The number of methoxy groups -OCH3 is 1. The molecule has 0 aromatic carbocycles. The van der Waals surface area contributed by atoms with Gasteiger partial charge in [0, 0.05) is 0 Å². The van der Waals surface area contributed by atoms with Gasteiger partial charge in [-0.3, -0.25) is 0 Å². The molecule has 0 aliphatic heterocycles. The Kier molecular flexibility index (Phi) is 2.39. The molecule has 0 N–H and O–H groups in total. The monoisotopic (exact) mass is 221 g/mol. The van der Waals surface area contributed by atoms with Crippen molar-refractivity contribution in [3.8, 4) is 0 Å². The molecule has 1 aromatic heterocycles. The summed E-state index contributed by atoms with van der Waals surface area (Å²) >= 11 is 4.23. The highest BCUT2D eigenvalue weighted by Gasteiger charge is 2.08. The minimum absolute atomic E-state index is 0.344. The number of halogens is 1. The quantitative estimate of drug-likeness (QED) is 0.678. The van der Waals surface area contributed by atoms with Crippen molar-refractivity contribution in [2.75, 3.05) is 7.11 Å². The third kappa shape index (κ3) is 1.54. The Morgan fingerprint density at radius 2 is 2.60 bits per heavy atom. The normalized spacial score (nSPS) is 9.40. The maximum atomic E-state index is 10.8. The van der Waals surface area contributed by atoms with Crippen LogP contribution in [-0.4, -0.2) is 17.5 Å². The van der Waals surface area contributed by atoms with Crippen LogP contribution in [0.2, 0.25) is 0 Å². The molecular formula is C5H4BrNO2S. The van der Waals surface area contributed by atoms with Crippen molar-refractivity contribution in [1.29, 1.82) is 0 Å². The Morgan fingerprint density at radius 1 is 1.90 bits per heavy atom. The van der Waals surface area contributed by atoms with E-state index in [1.807, 2.05) is 0 Å². The fraction of sp³-hybridized carbons (Fsp3) is 0.200. The average molecular weight is 222 g/mol. The first-order chi connectivity index (χ1) is 4.74. The van der Waals surface area contributed by atoms with Crippen LogP contribution >= 0.6 is 27.5 Å². The lowest BCUT2D eigenvalue weighted by Gasteiger charge is -1.89. The number of nitrogens with zero attached hydrogens (tertiary/aromatic N) is 1. The number of carbonyl (C=O) groups is 1. The minimum atomic E-state index is -0.344. The molecule has 0 spiro atoms. The Morgan fingerprint density at radius 3 is 3.00 bits per heavy atom. The van der Waals surface area contributed by atoms with Gasteiger partial charge in [-0.05, 0) is 33.5 Å². The molecule has 10 heavy (non-hydrogen) atoms. The predicted octanol–water partition coefficient (Wildman–Crippen LogP) is 1.69. The molecule has 0 unspecified atom stereocenters. The molecule has 0 atom stereocenters. The van der Waals surface area contributed by atoms with Crippen molar-refractivity contribution >= 4 is 33.4 Å². The second-order valence-corrected chi connectivity index (χ2v) is 3.12. The van der Waals surface area contributed by atoms with Gasteiger partial charge in [-0.25, -0.2) is 4.79 Å². The molecule has 0 saturated heterocycles. The standard InChI is InChI=1S/C5H4BrNO2S/c1-9-5(8)3-2-4(6)7-10-3/h2H,1H3. The summed E-state index contributed by atoms with van der Waals surface area (Å²) in [7, 11) is 1.34. The van der Waals surface area contributed by atoms with Gasteiger partial charge in [0.15, 0.2) is 0 Å². The van der Waals surface area contributed by atoms with Gasteiger partial charge < -0.3 is 4.74 Å². The van der Waals surface area contributed by atoms with Gasteiger partial charge in [-0.1, -0.05) is 0 Å². The molecule has 0 radical (unpaired) electrons. The Bertz CT molecular complexity index is 248. The number of rotatable bonds is 1. The number of hydrogen-bond donors (Lipinski definition) is 0. The number of aromatic nitrogens is 1. The van der Waals surface area contributed by atoms with E-state index in [-0.39, 0.29) is 5.97 Å². The minimum Gasteiger partial charge on any atom is -0.465 e. The first kappa shape index (κ1) is 7.68. The SMILES string of the molecule is COC(=O)c1cc(Br)ns1. The molecule has 54 valence electrons. The van der Waals surface area contributed by atoms with Crippen molar-refractivity contribution in [3.63, 3.8) is 0 Å². The molecule has 1 heterocycles. The summed E-state index contributed by atoms with van der Waals surface area (Å²) in [6.07, 6.45) is 0. The van der Waals surface area contributed by atoms with Crippen molar-refractivity contribution in [2.24, 2.45) is 0 Å². The third-order valence-corrected chi connectivity index (χ3v) is 2.28. The van der Waals surface area contributed by atoms with Gasteiger partial charge in [-0.15, -0.1) is 0 Å². The van der Waals surface area contributed by atoms with Gasteiger partial charge in [0.05, 0.1) is 7.11 Å². The van der Waals surface area contributed by atoms with E-state index in [0.717, 1.165) is 11.5 Å². The summed E-state index contributed by atoms with van der Waals surface area (Å²) < 4.78 is 8.97. The zero-order valence-electron chi connectivity index (χ0n) is 5.13. The van der Waals surface area contributed by atoms with Gasteiger partial charge >= 0.3 is 5.97 Å². The van der Waals surface area contributed by atoms with Crippen LogP contribution < -0.4 is 0 Å². The van der Waals surface area contributed by atoms with E-state index in [4.69, 9.17) is 0 Å². The van der Waals surface area contributed by atoms with Crippen LogP contribution in [0.15, 0.2) is 10.7 Å². The first-order valence-corrected chi connectivity index (χ1v) is 4.01. The predicted molar refractivity (Wildman–Crippen MR) is 41.2 cm³/mol. The van der Waals surface area contributed by atoms with Crippen LogP contribution in [0.3, 0.4) is 0 Å². The van der Waals surface area contributed by atoms with Crippen molar-refractivity contribution in [3.05, 3.63) is 15.5 Å². The van der Waals surface area contributed by atoms with Gasteiger partial charge in [-0.2, -0.15) is 4.37 Å². The fourth-order valence-corrected chi connectivity index (χ4v) is 1.61. The van der Waals surface area contributed by atoms with Crippen LogP contribution in [0.5, 0.6) is 0 Å². The van der Waals surface area contributed by atoms with Gasteiger partial charge in [0.1, 0.15) is 9.48 Å². The summed E-state index contributed by atoms with van der Waals surface area (Å²) in [6.45, 7) is 0. The largest absolute Gasteiger partial charge is 0.465 e. The highest BCUT2D eigenvalue weighted by molar-refractivity contribution is 9.10. The molecule has 3 nitrogen and oxygen atoms in total. The Hall–Kier alpha value is -0.420. The molecule has 1 aromatic rings. The molecule has 0 amide bonds. The molecule has 0 saturated carbocycles. The highest BCUT2D eigenvalue weighted by Crippen LogP contribution is 2.15. The van der Waals surface area contributed by atoms with Crippen LogP contribution in [0.25, 0.3) is 0 Å². The lowest BCUT2D eigenvalue weighted by molar-refractivity contribution is 0.0606. The van der Waals surface area contributed by atoms with E-state index in [9.17, 15) is 4.79 Å². The van der Waals surface area contributed by atoms with E-state index in [0.29, 0.717) is 9.48 Å². The zero-order chi connectivity index (χ0) is 7.56. The molecular weight excluding hydrogens is 218 g/mol. The van der Waals surface area contributed by atoms with Crippen molar-refractivity contribution in [1.82, 2.24) is 4.37 Å². The molecule has 1 rings (SSSR count). The second-order valence-electron chi connectivity index (χ2n) is 1.51. The number of hydrogen-bond acceptors (Lipinski definition) is 4. The van der Waals surface area contributed by atoms with Crippen LogP contribution in [0, 0.1) is 0 Å². The van der Waals surface area contributed by atoms with Crippen LogP contribution in [0.4, 0.5) is 0 Å². The topological polar surface area (TPSA) is 39.2 Å². The molecule has 0 bridgehead atoms. The van der Waals surface area contributed by atoms with Crippen molar-refractivity contribution in [2.45, 2.75) is 0 Å². The smallest absolute Gasteiger partial charge is 0.349 e. The number of esters is 1. The lowest BCUT2D eigenvalue weighted by Crippen LogP contribution is -1.96. The molecule has 5 heteroatoms. The number of ether oxygens (including phenoxy) is 1. The first-order valence-electron chi connectivity index (χ1n) is 2.44. The molecule has 0 aliphatic carbocycles. The Labute approximate surface area is 70.3 Å². The maximum absolute atomic E-state index is 10.8. The fourth-order valence-electron chi connectivity index (χ4n) is 0.450. The lowest BCUT2D eigenvalue weighted by atomic mass is 10.5.